The summed E-state index contributed by atoms with van der Waals surface area (Å²) in [6, 6.07) is 16.4. The summed E-state index contributed by atoms with van der Waals surface area (Å²) in [5.41, 5.74) is 2.80. The first kappa shape index (κ1) is 25.4. The molecule has 1 fully saturated rings. The van der Waals surface area contributed by atoms with Gasteiger partial charge in [-0.15, -0.1) is 0 Å². The van der Waals surface area contributed by atoms with Crippen LogP contribution in [-0.2, 0) is 14.8 Å². The van der Waals surface area contributed by atoms with Gasteiger partial charge in [0, 0.05) is 44.5 Å². The minimum atomic E-state index is -3.62. The second-order valence-corrected chi connectivity index (χ2v) is 12.7. The van der Waals surface area contributed by atoms with Crippen LogP contribution in [0.25, 0.3) is 23.0 Å². The Labute approximate surface area is 221 Å². The third-order valence-electron chi connectivity index (χ3n) is 6.47. The van der Waals surface area contributed by atoms with Gasteiger partial charge in [0.05, 0.1) is 15.5 Å². The minimum Gasteiger partial charge on any atom is -0.351 e. The molecule has 3 heterocycles. The van der Waals surface area contributed by atoms with Crippen LogP contribution in [0, 0.1) is 5.92 Å². The molecule has 192 valence electrons. The number of amidine groups is 1. The Morgan fingerprint density at radius 2 is 1.89 bits per heavy atom. The Morgan fingerprint density at radius 3 is 2.62 bits per heavy atom. The number of para-hydroxylation sites is 1. The fraction of sp³-hybridized carbons (Fsp3) is 0.296. The molecule has 8 nitrogen and oxygen atoms in total. The molecule has 1 aromatic heterocycles. The van der Waals surface area contributed by atoms with E-state index in [-0.39, 0.29) is 10.8 Å². The highest BCUT2D eigenvalue weighted by Gasteiger charge is 2.29. The van der Waals surface area contributed by atoms with E-state index < -0.39 is 10.0 Å². The molecule has 37 heavy (non-hydrogen) atoms. The minimum absolute atomic E-state index is 0.180. The van der Waals surface area contributed by atoms with E-state index in [4.69, 9.17) is 5.10 Å². The molecule has 0 saturated carbocycles. The highest BCUT2D eigenvalue weighted by molar-refractivity contribution is 8.18. The Bertz CT molecular complexity index is 1490. The van der Waals surface area contributed by atoms with E-state index in [0.29, 0.717) is 27.6 Å². The van der Waals surface area contributed by atoms with Crippen molar-refractivity contribution in [3.05, 3.63) is 71.3 Å². The molecular weight excluding hydrogens is 506 g/mol. The third kappa shape index (κ3) is 5.27. The fourth-order valence-electron chi connectivity index (χ4n) is 4.48. The number of amides is 1. The summed E-state index contributed by atoms with van der Waals surface area (Å²) in [6.45, 7) is 4.03. The zero-order chi connectivity index (χ0) is 26.2. The van der Waals surface area contributed by atoms with Crippen molar-refractivity contribution in [3.63, 3.8) is 0 Å². The van der Waals surface area contributed by atoms with Crippen LogP contribution < -0.4 is 0 Å². The van der Waals surface area contributed by atoms with E-state index in [1.165, 1.54) is 36.6 Å². The SMILES string of the molecule is C[C@@H]1CCCN(C2=NC(=O)/C(=C/c3cn(-c4ccccc4)nc3-c3cccc(S(=O)(=O)N(C)C)c3)S2)C1. The van der Waals surface area contributed by atoms with E-state index in [1.54, 1.807) is 22.9 Å². The van der Waals surface area contributed by atoms with Crippen molar-refractivity contribution in [2.24, 2.45) is 10.9 Å². The van der Waals surface area contributed by atoms with Gasteiger partial charge in [-0.25, -0.2) is 17.4 Å². The highest BCUT2D eigenvalue weighted by Crippen LogP contribution is 2.35. The van der Waals surface area contributed by atoms with Crippen molar-refractivity contribution in [3.8, 4) is 16.9 Å². The van der Waals surface area contributed by atoms with Crippen LogP contribution in [0.4, 0.5) is 0 Å². The van der Waals surface area contributed by atoms with E-state index >= 15 is 0 Å². The number of aliphatic imine (C=N–C) groups is 1. The number of hydrogen-bond donors (Lipinski definition) is 0. The van der Waals surface area contributed by atoms with E-state index in [9.17, 15) is 13.2 Å². The van der Waals surface area contributed by atoms with Gasteiger partial charge in [-0.1, -0.05) is 37.3 Å². The zero-order valence-corrected chi connectivity index (χ0v) is 22.7. The molecule has 2 aliphatic rings. The third-order valence-corrected chi connectivity index (χ3v) is 9.33. The Morgan fingerprint density at radius 1 is 1.11 bits per heavy atom. The first-order chi connectivity index (χ1) is 17.7. The van der Waals surface area contributed by atoms with Crippen molar-refractivity contribution in [1.82, 2.24) is 19.0 Å². The maximum atomic E-state index is 12.9. The van der Waals surface area contributed by atoms with Gasteiger partial charge >= 0.3 is 0 Å². The summed E-state index contributed by atoms with van der Waals surface area (Å²) < 4.78 is 28.5. The van der Waals surface area contributed by atoms with Crippen molar-refractivity contribution in [2.45, 2.75) is 24.7 Å². The average molecular weight is 536 g/mol. The molecule has 3 aromatic rings. The molecule has 0 bridgehead atoms. The van der Waals surface area contributed by atoms with Gasteiger partial charge in [0.1, 0.15) is 5.69 Å². The van der Waals surface area contributed by atoms with Crippen molar-refractivity contribution in [1.29, 1.82) is 0 Å². The molecule has 0 aliphatic carbocycles. The number of carbonyl (C=O) groups excluding carboxylic acids is 1. The molecule has 0 spiro atoms. The number of hydrogen-bond acceptors (Lipinski definition) is 6. The summed E-state index contributed by atoms with van der Waals surface area (Å²) in [4.78, 5) is 20.1. The topological polar surface area (TPSA) is 87.9 Å². The second kappa shape index (κ2) is 10.3. The summed E-state index contributed by atoms with van der Waals surface area (Å²) in [5, 5.41) is 5.55. The zero-order valence-electron chi connectivity index (χ0n) is 21.0. The predicted molar refractivity (Wildman–Crippen MR) is 148 cm³/mol. The molecule has 1 amide bonds. The lowest BCUT2D eigenvalue weighted by Gasteiger charge is -2.31. The maximum Gasteiger partial charge on any atom is 0.286 e. The first-order valence-corrected chi connectivity index (χ1v) is 14.4. The lowest BCUT2D eigenvalue weighted by Crippen LogP contribution is -2.37. The van der Waals surface area contributed by atoms with Gasteiger partial charge in [-0.05, 0) is 60.9 Å². The van der Waals surface area contributed by atoms with Crippen LogP contribution in [0.15, 0.2) is 75.6 Å². The number of rotatable bonds is 5. The van der Waals surface area contributed by atoms with Crippen molar-refractivity contribution >= 4 is 38.9 Å². The monoisotopic (exact) mass is 535 g/mol. The molecular formula is C27H29N5O3S2. The van der Waals surface area contributed by atoms with Gasteiger partial charge in [0.2, 0.25) is 10.0 Å². The number of nitrogens with zero attached hydrogens (tertiary/aromatic N) is 5. The quantitative estimate of drug-likeness (QED) is 0.448. The molecule has 2 aromatic carbocycles. The Hall–Kier alpha value is -3.21. The smallest absolute Gasteiger partial charge is 0.286 e. The summed E-state index contributed by atoms with van der Waals surface area (Å²) in [7, 11) is -0.609. The normalized spacial score (nSPS) is 19.6. The number of piperidine rings is 1. The summed E-state index contributed by atoms with van der Waals surface area (Å²) >= 11 is 1.39. The number of aromatic nitrogens is 2. The molecule has 0 radical (unpaired) electrons. The predicted octanol–water partition coefficient (Wildman–Crippen LogP) is 4.49. The lowest BCUT2D eigenvalue weighted by atomic mass is 10.0. The maximum absolute atomic E-state index is 12.9. The molecule has 10 heteroatoms. The van der Waals surface area contributed by atoms with Crippen molar-refractivity contribution < 1.29 is 13.2 Å². The van der Waals surface area contributed by atoms with Crippen LogP contribution in [-0.4, -0.2) is 65.7 Å². The van der Waals surface area contributed by atoms with E-state index in [1.807, 2.05) is 48.7 Å². The number of carbonyl (C=O) groups is 1. The fourth-order valence-corrected chi connectivity index (χ4v) is 6.37. The Kier molecular flexibility index (Phi) is 7.06. The van der Waals surface area contributed by atoms with Crippen LogP contribution in [0.3, 0.4) is 0 Å². The standard InChI is InChI=1S/C27H29N5O3S2/c1-19-9-8-14-31(17-19)27-28-26(33)24(36-27)16-21-18-32(22-11-5-4-6-12-22)29-25(21)20-10-7-13-23(15-20)37(34,35)30(2)3/h4-7,10-13,15-16,18-19H,8-9,14,17H2,1-3H3/b24-16-/t19-/m1/s1. The number of sulfonamides is 1. The van der Waals surface area contributed by atoms with Gasteiger partial charge < -0.3 is 4.90 Å². The average Bonchev–Trinajstić information content (AvgIpc) is 3.48. The van der Waals surface area contributed by atoms with Gasteiger partial charge in [0.15, 0.2) is 5.17 Å². The largest absolute Gasteiger partial charge is 0.351 e. The van der Waals surface area contributed by atoms with Crippen molar-refractivity contribution in [2.75, 3.05) is 27.2 Å². The summed E-state index contributed by atoms with van der Waals surface area (Å²) in [6.07, 6.45) is 5.95. The van der Waals surface area contributed by atoms with Gasteiger partial charge in [0.25, 0.3) is 5.91 Å². The molecule has 0 N–H and O–H groups in total. The molecule has 0 unspecified atom stereocenters. The Balaban J connectivity index is 1.55. The molecule has 5 rings (SSSR count). The number of thioether (sulfide) groups is 1. The van der Waals surface area contributed by atoms with Crippen LogP contribution in [0.2, 0.25) is 0 Å². The molecule has 2 aliphatic heterocycles. The van der Waals surface area contributed by atoms with Crippen LogP contribution >= 0.6 is 11.8 Å². The van der Waals surface area contributed by atoms with Crippen LogP contribution in [0.5, 0.6) is 0 Å². The summed E-state index contributed by atoms with van der Waals surface area (Å²) in [5.74, 6) is 0.308. The second-order valence-electron chi connectivity index (χ2n) is 9.53. The van der Waals surface area contributed by atoms with Gasteiger partial charge in [-0.2, -0.15) is 10.1 Å². The number of benzene rings is 2. The lowest BCUT2D eigenvalue weighted by molar-refractivity contribution is -0.113. The molecule has 1 saturated heterocycles. The van der Waals surface area contributed by atoms with Crippen LogP contribution in [0.1, 0.15) is 25.3 Å². The molecule has 1 atom stereocenters. The van der Waals surface area contributed by atoms with E-state index in [2.05, 4.69) is 16.8 Å². The van der Waals surface area contributed by atoms with E-state index in [0.717, 1.165) is 30.4 Å². The number of likely N-dealkylation sites (tertiary alicyclic amines) is 1. The highest BCUT2D eigenvalue weighted by atomic mass is 32.2. The van der Waals surface area contributed by atoms with Gasteiger partial charge in [-0.3, -0.25) is 4.79 Å². The first-order valence-electron chi connectivity index (χ1n) is 12.2.